The van der Waals surface area contributed by atoms with E-state index in [1.807, 2.05) is 39.0 Å². The van der Waals surface area contributed by atoms with Crippen molar-refractivity contribution in [2.24, 2.45) is 0 Å². The summed E-state index contributed by atoms with van der Waals surface area (Å²) in [5.41, 5.74) is 1.49. The fourth-order valence-corrected chi connectivity index (χ4v) is 5.12. The molecule has 0 unspecified atom stereocenters. The van der Waals surface area contributed by atoms with Gasteiger partial charge >= 0.3 is 0 Å². The van der Waals surface area contributed by atoms with Crippen molar-refractivity contribution < 1.29 is 9.47 Å². The minimum absolute atomic E-state index is 0.0322. The zero-order valence-electron chi connectivity index (χ0n) is 22.8. The first-order valence-corrected chi connectivity index (χ1v) is 14.1. The molecule has 1 aromatic carbocycles. The number of nitrogens with zero attached hydrogens (tertiary/aromatic N) is 3. The van der Waals surface area contributed by atoms with Gasteiger partial charge in [0.25, 0.3) is 0 Å². The van der Waals surface area contributed by atoms with E-state index in [9.17, 15) is 0 Å². The first-order valence-electron chi connectivity index (χ1n) is 12.8. The molecular weight excluding hydrogens is 517 g/mol. The molecule has 4 rings (SSSR count). The topological polar surface area (TPSA) is 47.5 Å². The molecule has 2 fully saturated rings. The van der Waals surface area contributed by atoms with Crippen LogP contribution in [-0.2, 0) is 4.74 Å². The molecule has 2 aliphatic rings. The predicted molar refractivity (Wildman–Crippen MR) is 156 cm³/mol. The molecule has 1 spiro atoms. The molecular formula is C28H40Cl3N3O2. The maximum atomic E-state index is 6.83. The number of hydrogen-bond donors (Lipinski definition) is 0. The summed E-state index contributed by atoms with van der Waals surface area (Å²) in [6.07, 6.45) is 6.22. The lowest BCUT2D eigenvalue weighted by Gasteiger charge is -2.55. The van der Waals surface area contributed by atoms with Crippen LogP contribution in [0.25, 0.3) is 23.5 Å². The lowest BCUT2D eigenvalue weighted by atomic mass is 9.86. The van der Waals surface area contributed by atoms with E-state index in [-0.39, 0.29) is 11.5 Å². The van der Waals surface area contributed by atoms with Gasteiger partial charge < -0.3 is 14.4 Å². The monoisotopic (exact) mass is 555 g/mol. The van der Waals surface area contributed by atoms with Crippen molar-refractivity contribution in [1.29, 1.82) is 0 Å². The second kappa shape index (κ2) is 13.9. The van der Waals surface area contributed by atoms with Crippen LogP contribution in [0.5, 0.6) is 5.75 Å². The summed E-state index contributed by atoms with van der Waals surface area (Å²) in [7, 11) is 1.59. The Morgan fingerprint density at radius 2 is 1.78 bits per heavy atom. The van der Waals surface area contributed by atoms with Crippen LogP contribution < -0.4 is 20.2 Å². The third-order valence-corrected chi connectivity index (χ3v) is 6.93. The molecule has 0 saturated carbocycles. The van der Waals surface area contributed by atoms with E-state index >= 15 is 0 Å². The number of aromatic nitrogens is 2. The van der Waals surface area contributed by atoms with Gasteiger partial charge in [-0.2, -0.15) is 0 Å². The third-order valence-electron chi connectivity index (χ3n) is 5.99. The fourth-order valence-electron chi connectivity index (χ4n) is 4.16. The molecule has 0 N–H and O–H groups in total. The summed E-state index contributed by atoms with van der Waals surface area (Å²) in [5.74, 6) is 2.40. The molecule has 3 heterocycles. The number of ether oxygens (including phenoxy) is 2. The number of hydrogen-bond acceptors (Lipinski definition) is 5. The van der Waals surface area contributed by atoms with Crippen molar-refractivity contribution in [2.45, 2.75) is 72.8 Å². The molecule has 0 amide bonds. The van der Waals surface area contributed by atoms with Crippen molar-refractivity contribution in [3.8, 4) is 17.1 Å². The van der Waals surface area contributed by atoms with Crippen LogP contribution in [0.15, 0.2) is 6.07 Å². The van der Waals surface area contributed by atoms with Gasteiger partial charge in [0, 0.05) is 17.5 Å². The van der Waals surface area contributed by atoms with E-state index in [1.165, 1.54) is 6.42 Å². The van der Waals surface area contributed by atoms with Crippen LogP contribution in [0.4, 0.5) is 5.82 Å². The average Bonchev–Trinajstić information content (AvgIpc) is 2.80. The Morgan fingerprint density at radius 1 is 1.17 bits per heavy atom. The lowest BCUT2D eigenvalue weighted by molar-refractivity contribution is -0.161. The fraction of sp³-hybridized carbons (Fsp3) is 0.571. The Hall–Kier alpha value is -1.53. The zero-order valence-corrected chi connectivity index (χ0v) is 25.1. The first-order chi connectivity index (χ1) is 17.2. The zero-order chi connectivity index (χ0) is 27.0. The second-order valence-corrected chi connectivity index (χ2v) is 10.1. The highest BCUT2D eigenvalue weighted by molar-refractivity contribution is 6.40. The van der Waals surface area contributed by atoms with E-state index in [0.29, 0.717) is 33.1 Å². The van der Waals surface area contributed by atoms with E-state index in [1.54, 1.807) is 7.11 Å². The standard InChI is InChI=1S/C23H26Cl3N3O2.C3H8.C2H6/c1-5-16-14(6-8-24)22(29-11-23(12-29)7-9-31-23)28-21(27-16)18-19(25)15(13(2)3)10-17(30-4)20(18)26;1-3-2;1-2/h5-6,10,13H,7-9,11-12H2,1-4H3;3H2,1-2H3;1-2H3/b14-6+,16-5+;;. The summed E-state index contributed by atoms with van der Waals surface area (Å²) >= 11 is 19.6. The van der Waals surface area contributed by atoms with Crippen molar-refractivity contribution in [3.05, 3.63) is 32.2 Å². The van der Waals surface area contributed by atoms with Crippen LogP contribution in [0.2, 0.25) is 10.0 Å². The van der Waals surface area contributed by atoms with Crippen LogP contribution in [0.3, 0.4) is 0 Å². The van der Waals surface area contributed by atoms with E-state index in [2.05, 4.69) is 32.6 Å². The molecule has 5 nitrogen and oxygen atoms in total. The summed E-state index contributed by atoms with van der Waals surface area (Å²) in [4.78, 5) is 12.0. The molecule has 0 aliphatic carbocycles. The number of anilines is 1. The summed E-state index contributed by atoms with van der Waals surface area (Å²) in [5, 5.41) is 2.65. The molecule has 2 saturated heterocycles. The Morgan fingerprint density at radius 3 is 2.22 bits per heavy atom. The Kier molecular flexibility index (Phi) is 11.8. The molecule has 8 heteroatoms. The first kappa shape index (κ1) is 30.7. The number of alkyl halides is 1. The normalized spacial score (nSPS) is 16.6. The van der Waals surface area contributed by atoms with Gasteiger partial charge in [0.15, 0.2) is 5.82 Å². The molecule has 0 bridgehead atoms. The minimum Gasteiger partial charge on any atom is -0.495 e. The van der Waals surface area contributed by atoms with Gasteiger partial charge in [0.1, 0.15) is 17.2 Å². The van der Waals surface area contributed by atoms with Gasteiger partial charge in [0.05, 0.1) is 47.8 Å². The van der Waals surface area contributed by atoms with Crippen LogP contribution in [-0.4, -0.2) is 48.3 Å². The highest BCUT2D eigenvalue weighted by Gasteiger charge is 2.50. The van der Waals surface area contributed by atoms with E-state index < -0.39 is 0 Å². The molecule has 2 aliphatic heterocycles. The van der Waals surface area contributed by atoms with Crippen molar-refractivity contribution in [2.75, 3.05) is 37.6 Å². The van der Waals surface area contributed by atoms with Crippen molar-refractivity contribution in [3.63, 3.8) is 0 Å². The van der Waals surface area contributed by atoms with Gasteiger partial charge in [-0.25, -0.2) is 9.97 Å². The smallest absolute Gasteiger partial charge is 0.165 e. The van der Waals surface area contributed by atoms with Crippen LogP contribution in [0.1, 0.15) is 72.8 Å². The van der Waals surface area contributed by atoms with Crippen LogP contribution >= 0.6 is 34.8 Å². The van der Waals surface area contributed by atoms with Gasteiger partial charge in [-0.1, -0.05) is 83.3 Å². The number of methoxy groups -OCH3 is 1. The summed E-state index contributed by atoms with van der Waals surface area (Å²) in [6, 6.07) is 1.88. The lowest BCUT2D eigenvalue weighted by Crippen LogP contribution is -2.69. The number of halogens is 3. The number of benzene rings is 1. The van der Waals surface area contributed by atoms with Crippen molar-refractivity contribution in [1.82, 2.24) is 9.97 Å². The van der Waals surface area contributed by atoms with Gasteiger partial charge in [-0.3, -0.25) is 0 Å². The molecule has 0 radical (unpaired) electrons. The maximum absolute atomic E-state index is 6.83. The van der Waals surface area contributed by atoms with E-state index in [0.717, 1.165) is 48.1 Å². The highest BCUT2D eigenvalue weighted by Crippen LogP contribution is 2.44. The quantitative estimate of drug-likeness (QED) is 0.378. The Bertz CT molecular complexity index is 1140. The predicted octanol–water partition coefficient (Wildman–Crippen LogP) is 6.82. The van der Waals surface area contributed by atoms with Gasteiger partial charge in [-0.15, -0.1) is 11.6 Å². The van der Waals surface area contributed by atoms with Gasteiger partial charge in [0.2, 0.25) is 0 Å². The van der Waals surface area contributed by atoms with Gasteiger partial charge in [-0.05, 0) is 24.5 Å². The van der Waals surface area contributed by atoms with E-state index in [4.69, 9.17) is 54.2 Å². The highest BCUT2D eigenvalue weighted by atomic mass is 35.5. The second-order valence-electron chi connectivity index (χ2n) is 8.99. The van der Waals surface area contributed by atoms with Crippen molar-refractivity contribution >= 4 is 52.8 Å². The van der Waals surface area contributed by atoms with Crippen LogP contribution in [0, 0.1) is 0 Å². The largest absolute Gasteiger partial charge is 0.495 e. The summed E-state index contributed by atoms with van der Waals surface area (Å²) in [6.45, 7) is 16.8. The average molecular weight is 557 g/mol. The molecule has 1 aromatic heterocycles. The molecule has 2 aromatic rings. The SMILES string of the molecule is C/C=c1/nc(-c2c(Cl)c(OC)cc(C(C)C)c2Cl)nc(N2CC3(CCO3)C2)/c1=C/CCl.CC.CCC. The third kappa shape index (κ3) is 6.30. The summed E-state index contributed by atoms with van der Waals surface area (Å²) < 4.78 is 11.3. The minimum atomic E-state index is -0.0322. The Labute approximate surface area is 231 Å². The molecule has 36 heavy (non-hydrogen) atoms. The maximum Gasteiger partial charge on any atom is 0.165 e. The molecule has 200 valence electrons. The Balaban J connectivity index is 0.000000850. The molecule has 0 atom stereocenters. The number of rotatable bonds is 5.